The molecule has 0 saturated carbocycles. The molecule has 1 aromatic heterocycles. The number of hydrogen-bond acceptors (Lipinski definition) is 3. The van der Waals surface area contributed by atoms with E-state index in [1.807, 2.05) is 59.6 Å². The van der Waals surface area contributed by atoms with Gasteiger partial charge >= 0.3 is 0 Å². The van der Waals surface area contributed by atoms with E-state index < -0.39 is 0 Å². The van der Waals surface area contributed by atoms with Crippen molar-refractivity contribution in [2.24, 2.45) is 0 Å². The molecule has 0 unspecified atom stereocenters. The van der Waals surface area contributed by atoms with Crippen molar-refractivity contribution in [3.63, 3.8) is 0 Å². The van der Waals surface area contributed by atoms with Crippen LogP contribution in [0.4, 0.5) is 0 Å². The number of para-hydroxylation sites is 1. The SMILES string of the molecule is C=Cc1cccc(C(=O)N2CCOc3ccc(-c4cnc5ccccc5c4)cc3C2)c1. The highest BCUT2D eigenvalue weighted by Crippen LogP contribution is 2.30. The number of nitrogens with zero attached hydrogens (tertiary/aromatic N) is 2. The second kappa shape index (κ2) is 8.07. The van der Waals surface area contributed by atoms with Crippen molar-refractivity contribution in [3.8, 4) is 16.9 Å². The molecule has 0 spiro atoms. The molecule has 0 aliphatic carbocycles. The Bertz CT molecular complexity index is 1300. The zero-order valence-corrected chi connectivity index (χ0v) is 17.1. The second-order valence-electron chi connectivity index (χ2n) is 7.64. The van der Waals surface area contributed by atoms with E-state index in [0.717, 1.165) is 38.9 Å². The minimum Gasteiger partial charge on any atom is -0.491 e. The summed E-state index contributed by atoms with van der Waals surface area (Å²) in [5, 5.41) is 1.10. The molecule has 3 aromatic carbocycles. The third-order valence-corrected chi connectivity index (χ3v) is 5.62. The molecule has 0 fully saturated rings. The summed E-state index contributed by atoms with van der Waals surface area (Å²) < 4.78 is 5.95. The van der Waals surface area contributed by atoms with Crippen molar-refractivity contribution in [2.45, 2.75) is 6.54 Å². The van der Waals surface area contributed by atoms with Crippen LogP contribution in [0.5, 0.6) is 5.75 Å². The van der Waals surface area contributed by atoms with Gasteiger partial charge in [-0.1, -0.05) is 49.1 Å². The van der Waals surface area contributed by atoms with Gasteiger partial charge in [-0.2, -0.15) is 0 Å². The lowest BCUT2D eigenvalue weighted by Gasteiger charge is -2.20. The molecule has 1 aliphatic heterocycles. The van der Waals surface area contributed by atoms with E-state index in [-0.39, 0.29) is 5.91 Å². The van der Waals surface area contributed by atoms with Crippen molar-refractivity contribution in [1.29, 1.82) is 0 Å². The third-order valence-electron chi connectivity index (χ3n) is 5.62. The lowest BCUT2D eigenvalue weighted by Crippen LogP contribution is -2.32. The first-order chi connectivity index (χ1) is 15.2. The predicted octanol–water partition coefficient (Wildman–Crippen LogP) is 5.58. The molecular formula is C27H22N2O2. The third kappa shape index (κ3) is 3.80. The number of carbonyl (C=O) groups is 1. The Morgan fingerprint density at radius 1 is 1.00 bits per heavy atom. The summed E-state index contributed by atoms with van der Waals surface area (Å²) in [4.78, 5) is 19.6. The molecule has 31 heavy (non-hydrogen) atoms. The van der Waals surface area contributed by atoms with Crippen LogP contribution in [0, 0.1) is 0 Å². The molecule has 0 saturated heterocycles. The maximum Gasteiger partial charge on any atom is 0.254 e. The number of aromatic nitrogens is 1. The Kier molecular flexibility index (Phi) is 4.97. The van der Waals surface area contributed by atoms with Gasteiger partial charge in [0, 0.05) is 34.8 Å². The monoisotopic (exact) mass is 406 g/mol. The van der Waals surface area contributed by atoms with Crippen LogP contribution in [0.15, 0.2) is 85.6 Å². The molecule has 0 bridgehead atoms. The van der Waals surface area contributed by atoms with Crippen LogP contribution in [0.2, 0.25) is 0 Å². The smallest absolute Gasteiger partial charge is 0.254 e. The lowest BCUT2D eigenvalue weighted by molar-refractivity contribution is 0.0733. The first kappa shape index (κ1) is 19.1. The summed E-state index contributed by atoms with van der Waals surface area (Å²) >= 11 is 0. The highest BCUT2D eigenvalue weighted by atomic mass is 16.5. The average molecular weight is 406 g/mol. The second-order valence-corrected chi connectivity index (χ2v) is 7.64. The topological polar surface area (TPSA) is 42.4 Å². The Morgan fingerprint density at radius 2 is 1.90 bits per heavy atom. The van der Waals surface area contributed by atoms with Gasteiger partial charge in [-0.3, -0.25) is 9.78 Å². The van der Waals surface area contributed by atoms with Crippen molar-refractivity contribution >= 4 is 22.9 Å². The molecule has 1 aliphatic rings. The minimum atomic E-state index is -0.00192. The standard InChI is InChI=1S/C27H22N2O2/c1-2-19-6-5-8-22(14-19)27(30)29-12-13-31-26-11-10-20(15-24(26)18-29)23-16-21-7-3-4-9-25(21)28-17-23/h2-11,14-17H,1,12-13,18H2. The zero-order chi connectivity index (χ0) is 21.2. The molecule has 0 atom stereocenters. The largest absolute Gasteiger partial charge is 0.491 e. The van der Waals surface area contributed by atoms with Crippen LogP contribution in [-0.2, 0) is 6.54 Å². The van der Waals surface area contributed by atoms with E-state index in [9.17, 15) is 4.79 Å². The Balaban J connectivity index is 1.46. The molecule has 4 nitrogen and oxygen atoms in total. The van der Waals surface area contributed by atoms with Crippen LogP contribution >= 0.6 is 0 Å². The average Bonchev–Trinajstić information content (AvgIpc) is 3.05. The van der Waals surface area contributed by atoms with Crippen molar-refractivity contribution in [3.05, 3.63) is 102 Å². The minimum absolute atomic E-state index is 0.00192. The molecular weight excluding hydrogens is 384 g/mol. The van der Waals surface area contributed by atoms with Gasteiger partial charge in [0.15, 0.2) is 0 Å². The van der Waals surface area contributed by atoms with Gasteiger partial charge in [0.2, 0.25) is 0 Å². The van der Waals surface area contributed by atoms with Crippen LogP contribution in [0.1, 0.15) is 21.5 Å². The number of fused-ring (bicyclic) bond motifs is 2. The summed E-state index contributed by atoms with van der Waals surface area (Å²) in [6.07, 6.45) is 3.65. The van der Waals surface area contributed by atoms with Gasteiger partial charge in [-0.25, -0.2) is 0 Å². The maximum absolute atomic E-state index is 13.2. The molecule has 2 heterocycles. The highest BCUT2D eigenvalue weighted by Gasteiger charge is 2.21. The van der Waals surface area contributed by atoms with Gasteiger partial charge in [0.05, 0.1) is 12.1 Å². The van der Waals surface area contributed by atoms with Crippen LogP contribution in [0.25, 0.3) is 28.1 Å². The van der Waals surface area contributed by atoms with E-state index in [1.54, 1.807) is 6.08 Å². The fourth-order valence-corrected chi connectivity index (χ4v) is 3.96. The number of benzene rings is 3. The van der Waals surface area contributed by atoms with Gasteiger partial charge in [-0.15, -0.1) is 0 Å². The molecule has 5 rings (SSSR count). The number of pyridine rings is 1. The quantitative estimate of drug-likeness (QED) is 0.446. The predicted molar refractivity (Wildman–Crippen MR) is 124 cm³/mol. The fourth-order valence-electron chi connectivity index (χ4n) is 3.96. The van der Waals surface area contributed by atoms with Gasteiger partial charge in [0.25, 0.3) is 5.91 Å². The van der Waals surface area contributed by atoms with E-state index in [0.29, 0.717) is 25.3 Å². The Hall–Kier alpha value is -3.92. The summed E-state index contributed by atoms with van der Waals surface area (Å²) in [6, 6.07) is 23.9. The fraction of sp³-hybridized carbons (Fsp3) is 0.111. The lowest BCUT2D eigenvalue weighted by atomic mass is 10.0. The summed E-state index contributed by atoms with van der Waals surface area (Å²) in [7, 11) is 0. The molecule has 4 aromatic rings. The maximum atomic E-state index is 13.2. The van der Waals surface area contributed by atoms with Gasteiger partial charge in [0.1, 0.15) is 12.4 Å². The highest BCUT2D eigenvalue weighted by molar-refractivity contribution is 5.95. The summed E-state index contributed by atoms with van der Waals surface area (Å²) in [6.45, 7) is 5.31. The van der Waals surface area contributed by atoms with Crippen LogP contribution in [-0.4, -0.2) is 28.9 Å². The zero-order valence-electron chi connectivity index (χ0n) is 17.1. The first-order valence-corrected chi connectivity index (χ1v) is 10.3. The molecule has 152 valence electrons. The molecule has 1 amide bonds. The summed E-state index contributed by atoms with van der Waals surface area (Å²) in [5.74, 6) is 0.825. The molecule has 0 N–H and O–H groups in total. The van der Waals surface area contributed by atoms with E-state index in [1.165, 1.54) is 0 Å². The number of amides is 1. The number of hydrogen-bond donors (Lipinski definition) is 0. The first-order valence-electron chi connectivity index (χ1n) is 10.3. The Morgan fingerprint density at radius 3 is 2.81 bits per heavy atom. The number of rotatable bonds is 3. The van der Waals surface area contributed by atoms with E-state index >= 15 is 0 Å². The normalized spacial score (nSPS) is 13.2. The number of carbonyl (C=O) groups excluding carboxylic acids is 1. The van der Waals surface area contributed by atoms with Crippen molar-refractivity contribution < 1.29 is 9.53 Å². The number of ether oxygens (including phenoxy) is 1. The van der Waals surface area contributed by atoms with Crippen molar-refractivity contribution in [1.82, 2.24) is 9.88 Å². The van der Waals surface area contributed by atoms with Crippen molar-refractivity contribution in [2.75, 3.05) is 13.2 Å². The summed E-state index contributed by atoms with van der Waals surface area (Å²) in [5.41, 5.74) is 5.67. The van der Waals surface area contributed by atoms with Crippen LogP contribution < -0.4 is 4.74 Å². The van der Waals surface area contributed by atoms with Gasteiger partial charge < -0.3 is 9.64 Å². The molecule has 4 heteroatoms. The van der Waals surface area contributed by atoms with Crippen LogP contribution in [0.3, 0.4) is 0 Å². The molecule has 0 radical (unpaired) electrons. The Labute approximate surface area is 181 Å². The van der Waals surface area contributed by atoms with Gasteiger partial charge in [-0.05, 0) is 47.5 Å². The van der Waals surface area contributed by atoms with E-state index in [2.05, 4.69) is 35.8 Å². The van der Waals surface area contributed by atoms with E-state index in [4.69, 9.17) is 4.74 Å².